The minimum Gasteiger partial charge on any atom is -0.254 e. The van der Waals surface area contributed by atoms with Crippen molar-refractivity contribution in [1.82, 2.24) is 4.98 Å². The van der Waals surface area contributed by atoms with Crippen molar-refractivity contribution >= 4 is 22.2 Å². The normalized spacial score (nSPS) is 9.73. The molecule has 2 rings (SSSR count). The third-order valence-electron chi connectivity index (χ3n) is 1.45. The minimum absolute atomic E-state index is 0.621. The number of nitrogens with zero attached hydrogens (tertiary/aromatic N) is 2. The average molecular weight is 160 g/mol. The molecule has 0 aromatic carbocycles. The van der Waals surface area contributed by atoms with Gasteiger partial charge in [0.15, 0.2) is 0 Å². The van der Waals surface area contributed by atoms with Crippen LogP contribution in [0.1, 0.15) is 5.56 Å². The van der Waals surface area contributed by atoms with Crippen molar-refractivity contribution in [3.05, 3.63) is 28.6 Å². The molecule has 0 N–H and O–H groups in total. The van der Waals surface area contributed by atoms with E-state index in [2.05, 4.69) is 11.1 Å². The van der Waals surface area contributed by atoms with Gasteiger partial charge in [-0.2, -0.15) is 5.26 Å². The first-order valence-corrected chi connectivity index (χ1v) is 4.06. The van der Waals surface area contributed by atoms with Crippen LogP contribution in [0.25, 0.3) is 10.9 Å². The summed E-state index contributed by atoms with van der Waals surface area (Å²) in [4.78, 5) is 4.10. The Morgan fingerprint density at radius 1 is 1.45 bits per heavy atom. The van der Waals surface area contributed by atoms with E-state index in [1.54, 1.807) is 17.5 Å². The third-order valence-corrected chi connectivity index (χ3v) is 2.20. The molecule has 2 aromatic heterocycles. The van der Waals surface area contributed by atoms with Gasteiger partial charge in [0.05, 0.1) is 11.1 Å². The molecule has 0 saturated heterocycles. The molecule has 0 saturated carbocycles. The summed E-state index contributed by atoms with van der Waals surface area (Å²) in [5, 5.41) is 13.6. The molecule has 0 aliphatic rings. The SMILES string of the molecule is N#Cc1cnc2cscc2c1. The van der Waals surface area contributed by atoms with E-state index in [9.17, 15) is 0 Å². The third kappa shape index (κ3) is 0.975. The van der Waals surface area contributed by atoms with E-state index < -0.39 is 0 Å². The highest BCUT2D eigenvalue weighted by Gasteiger charge is 1.96. The van der Waals surface area contributed by atoms with E-state index in [0.717, 1.165) is 10.9 Å². The van der Waals surface area contributed by atoms with Gasteiger partial charge in [-0.25, -0.2) is 0 Å². The summed E-state index contributed by atoms with van der Waals surface area (Å²) in [7, 11) is 0. The van der Waals surface area contributed by atoms with Gasteiger partial charge in [-0.15, -0.1) is 11.3 Å². The number of fused-ring (bicyclic) bond motifs is 1. The monoisotopic (exact) mass is 160 g/mol. The standard InChI is InChI=1S/C8H4N2S/c9-2-6-1-7-4-11-5-8(7)10-3-6/h1,3-5H. The maximum absolute atomic E-state index is 8.55. The fourth-order valence-corrected chi connectivity index (χ4v) is 1.65. The second kappa shape index (κ2) is 2.33. The van der Waals surface area contributed by atoms with Crippen molar-refractivity contribution < 1.29 is 0 Å². The smallest absolute Gasteiger partial charge is 0.101 e. The second-order valence-corrected chi connectivity index (χ2v) is 2.93. The largest absolute Gasteiger partial charge is 0.254 e. The molecule has 0 aliphatic heterocycles. The lowest BCUT2D eigenvalue weighted by molar-refractivity contribution is 1.38. The highest BCUT2D eigenvalue weighted by Crippen LogP contribution is 2.16. The molecule has 3 heteroatoms. The zero-order valence-corrected chi connectivity index (χ0v) is 6.43. The van der Waals surface area contributed by atoms with Crippen molar-refractivity contribution in [3.63, 3.8) is 0 Å². The van der Waals surface area contributed by atoms with Crippen LogP contribution >= 0.6 is 11.3 Å². The van der Waals surface area contributed by atoms with Crippen molar-refractivity contribution in [3.8, 4) is 6.07 Å². The van der Waals surface area contributed by atoms with Crippen LogP contribution in [0.15, 0.2) is 23.0 Å². The first-order chi connectivity index (χ1) is 5.40. The van der Waals surface area contributed by atoms with Gasteiger partial charge in [0.1, 0.15) is 6.07 Å². The van der Waals surface area contributed by atoms with Gasteiger partial charge in [-0.1, -0.05) is 0 Å². The number of hydrogen-bond acceptors (Lipinski definition) is 3. The zero-order valence-electron chi connectivity index (χ0n) is 5.61. The number of nitriles is 1. The van der Waals surface area contributed by atoms with Gasteiger partial charge in [0, 0.05) is 22.3 Å². The van der Waals surface area contributed by atoms with Crippen molar-refractivity contribution in [1.29, 1.82) is 5.26 Å². The molecule has 0 aliphatic carbocycles. The Hall–Kier alpha value is -1.40. The summed E-state index contributed by atoms with van der Waals surface area (Å²) in [5.41, 5.74) is 1.59. The van der Waals surface area contributed by atoms with Crippen molar-refractivity contribution in [2.45, 2.75) is 0 Å². The molecule has 2 nitrogen and oxygen atoms in total. The van der Waals surface area contributed by atoms with Gasteiger partial charge in [-0.3, -0.25) is 4.98 Å². The van der Waals surface area contributed by atoms with Crippen LogP contribution in [-0.2, 0) is 0 Å². The lowest BCUT2D eigenvalue weighted by Crippen LogP contribution is -1.76. The molecule has 0 spiro atoms. The first-order valence-electron chi connectivity index (χ1n) is 3.12. The van der Waals surface area contributed by atoms with Gasteiger partial charge in [0.2, 0.25) is 0 Å². The fraction of sp³-hybridized carbons (Fsp3) is 0. The summed E-state index contributed by atoms with van der Waals surface area (Å²) in [5.74, 6) is 0. The Balaban J connectivity index is 2.79. The lowest BCUT2D eigenvalue weighted by Gasteiger charge is -1.87. The van der Waals surface area contributed by atoms with Crippen LogP contribution in [0.4, 0.5) is 0 Å². The average Bonchev–Trinajstić information content (AvgIpc) is 2.50. The van der Waals surface area contributed by atoms with Gasteiger partial charge >= 0.3 is 0 Å². The minimum atomic E-state index is 0.621. The summed E-state index contributed by atoms with van der Waals surface area (Å²) in [6, 6.07) is 3.90. The highest BCUT2D eigenvalue weighted by atomic mass is 32.1. The van der Waals surface area contributed by atoms with Crippen LogP contribution in [-0.4, -0.2) is 4.98 Å². The van der Waals surface area contributed by atoms with E-state index in [1.807, 2.05) is 16.8 Å². The molecular formula is C8H4N2S. The number of hydrogen-bond donors (Lipinski definition) is 0. The Kier molecular flexibility index (Phi) is 1.34. The molecular weight excluding hydrogens is 156 g/mol. The van der Waals surface area contributed by atoms with Gasteiger partial charge in [0.25, 0.3) is 0 Å². The van der Waals surface area contributed by atoms with E-state index >= 15 is 0 Å². The highest BCUT2D eigenvalue weighted by molar-refractivity contribution is 7.09. The molecule has 0 bridgehead atoms. The topological polar surface area (TPSA) is 36.7 Å². The number of thiophene rings is 1. The number of aromatic nitrogens is 1. The molecule has 11 heavy (non-hydrogen) atoms. The van der Waals surface area contributed by atoms with E-state index in [4.69, 9.17) is 5.26 Å². The Morgan fingerprint density at radius 2 is 2.36 bits per heavy atom. The van der Waals surface area contributed by atoms with Crippen molar-refractivity contribution in [2.75, 3.05) is 0 Å². The van der Waals surface area contributed by atoms with Crippen LogP contribution in [0, 0.1) is 11.3 Å². The zero-order chi connectivity index (χ0) is 7.68. The number of pyridine rings is 1. The summed E-state index contributed by atoms with van der Waals surface area (Å²) < 4.78 is 0. The lowest BCUT2D eigenvalue weighted by atomic mass is 10.2. The first kappa shape index (κ1) is 6.32. The maximum atomic E-state index is 8.55. The summed E-state index contributed by atoms with van der Waals surface area (Å²) in [6.07, 6.45) is 1.59. The van der Waals surface area contributed by atoms with Crippen LogP contribution < -0.4 is 0 Å². The van der Waals surface area contributed by atoms with Gasteiger partial charge in [-0.05, 0) is 6.07 Å². The van der Waals surface area contributed by atoms with E-state index in [0.29, 0.717) is 5.56 Å². The van der Waals surface area contributed by atoms with Crippen LogP contribution in [0.5, 0.6) is 0 Å². The number of rotatable bonds is 0. The second-order valence-electron chi connectivity index (χ2n) is 2.18. The predicted molar refractivity (Wildman–Crippen MR) is 44.3 cm³/mol. The molecule has 52 valence electrons. The Labute approximate surface area is 67.7 Å². The van der Waals surface area contributed by atoms with Crippen LogP contribution in [0.2, 0.25) is 0 Å². The quantitative estimate of drug-likeness (QED) is 0.592. The summed E-state index contributed by atoms with van der Waals surface area (Å²) in [6.45, 7) is 0. The molecule has 2 aromatic rings. The molecule has 0 amide bonds. The Bertz CT molecular complexity index is 425. The maximum Gasteiger partial charge on any atom is 0.101 e. The molecule has 0 atom stereocenters. The molecule has 0 fully saturated rings. The Morgan fingerprint density at radius 3 is 3.18 bits per heavy atom. The van der Waals surface area contributed by atoms with E-state index in [1.165, 1.54) is 0 Å². The molecule has 2 heterocycles. The van der Waals surface area contributed by atoms with E-state index in [-0.39, 0.29) is 0 Å². The molecule has 0 radical (unpaired) electrons. The molecule has 0 unspecified atom stereocenters. The van der Waals surface area contributed by atoms with Gasteiger partial charge < -0.3 is 0 Å². The van der Waals surface area contributed by atoms with Crippen LogP contribution in [0.3, 0.4) is 0 Å². The van der Waals surface area contributed by atoms with Crippen molar-refractivity contribution in [2.24, 2.45) is 0 Å². The summed E-state index contributed by atoms with van der Waals surface area (Å²) >= 11 is 1.60. The fourth-order valence-electron chi connectivity index (χ4n) is 0.918. The predicted octanol–water partition coefficient (Wildman–Crippen LogP) is 2.17.